The van der Waals surface area contributed by atoms with Gasteiger partial charge in [0.1, 0.15) is 0 Å². The van der Waals surface area contributed by atoms with Crippen molar-refractivity contribution in [2.24, 2.45) is 11.8 Å². The number of carboxylic acids is 1. The summed E-state index contributed by atoms with van der Waals surface area (Å²) in [7, 11) is 1.64. The molecule has 0 spiro atoms. The van der Waals surface area contributed by atoms with Crippen molar-refractivity contribution in [2.75, 3.05) is 26.7 Å². The number of nitriles is 1. The van der Waals surface area contributed by atoms with Crippen LogP contribution < -0.4 is 0 Å². The van der Waals surface area contributed by atoms with E-state index < -0.39 is 11.9 Å². The van der Waals surface area contributed by atoms with Crippen molar-refractivity contribution in [2.45, 2.75) is 19.8 Å². The number of urea groups is 1. The molecule has 1 fully saturated rings. The zero-order valence-corrected chi connectivity index (χ0v) is 10.8. The van der Waals surface area contributed by atoms with Crippen LogP contribution in [0.4, 0.5) is 4.79 Å². The Bertz CT molecular complexity index is 364. The third-order valence-electron chi connectivity index (χ3n) is 3.14. The van der Waals surface area contributed by atoms with Gasteiger partial charge in [0.15, 0.2) is 0 Å². The van der Waals surface area contributed by atoms with Gasteiger partial charge in [0.25, 0.3) is 0 Å². The van der Waals surface area contributed by atoms with Gasteiger partial charge in [-0.1, -0.05) is 0 Å². The number of carbonyl (C=O) groups excluding carboxylic acids is 1. The molecule has 1 N–H and O–H groups in total. The zero-order chi connectivity index (χ0) is 13.7. The number of likely N-dealkylation sites (tertiary alicyclic amines) is 1. The minimum atomic E-state index is -0.847. The van der Waals surface area contributed by atoms with Gasteiger partial charge < -0.3 is 14.9 Å². The van der Waals surface area contributed by atoms with Gasteiger partial charge in [0, 0.05) is 26.7 Å². The van der Waals surface area contributed by atoms with E-state index in [1.165, 1.54) is 4.90 Å². The van der Waals surface area contributed by atoms with Crippen molar-refractivity contribution in [1.82, 2.24) is 9.80 Å². The Kier molecular flexibility index (Phi) is 4.95. The highest BCUT2D eigenvalue weighted by Crippen LogP contribution is 2.17. The molecule has 0 radical (unpaired) electrons. The summed E-state index contributed by atoms with van der Waals surface area (Å²) < 4.78 is 0. The fraction of sp³-hybridized carbons (Fsp3) is 0.750. The van der Waals surface area contributed by atoms with Crippen LogP contribution in [0.25, 0.3) is 0 Å². The number of piperidine rings is 1. The quantitative estimate of drug-likeness (QED) is 0.813. The molecular formula is C12H19N3O3. The van der Waals surface area contributed by atoms with Gasteiger partial charge in [-0.2, -0.15) is 5.26 Å². The highest BCUT2D eigenvalue weighted by atomic mass is 16.4. The molecule has 1 unspecified atom stereocenters. The van der Waals surface area contributed by atoms with E-state index in [1.54, 1.807) is 18.9 Å². The molecule has 1 heterocycles. The standard InChI is InChI=1S/C12H19N3O3/c1-9(6-13)7-14(2)12(18)15-5-3-4-10(8-15)11(16)17/h9-10H,3-5,7-8H2,1-2H3,(H,16,17)/t9?,10-/m0/s1. The number of carbonyl (C=O) groups is 2. The van der Waals surface area contributed by atoms with Gasteiger partial charge in [-0.25, -0.2) is 4.79 Å². The fourth-order valence-corrected chi connectivity index (χ4v) is 2.12. The lowest BCUT2D eigenvalue weighted by Gasteiger charge is -2.34. The molecule has 0 aromatic heterocycles. The van der Waals surface area contributed by atoms with Crippen molar-refractivity contribution in [3.8, 4) is 6.07 Å². The van der Waals surface area contributed by atoms with Crippen molar-refractivity contribution in [3.05, 3.63) is 0 Å². The van der Waals surface area contributed by atoms with Gasteiger partial charge in [-0.3, -0.25) is 4.79 Å². The Hall–Kier alpha value is -1.77. The Balaban J connectivity index is 2.55. The topological polar surface area (TPSA) is 84.6 Å². The lowest BCUT2D eigenvalue weighted by atomic mass is 9.98. The second kappa shape index (κ2) is 6.24. The number of hydrogen-bond acceptors (Lipinski definition) is 3. The van der Waals surface area contributed by atoms with Gasteiger partial charge in [0.05, 0.1) is 17.9 Å². The molecule has 100 valence electrons. The number of aliphatic carboxylic acids is 1. The Morgan fingerprint density at radius 1 is 1.61 bits per heavy atom. The zero-order valence-electron chi connectivity index (χ0n) is 10.8. The van der Waals surface area contributed by atoms with E-state index in [0.29, 0.717) is 25.9 Å². The van der Waals surface area contributed by atoms with E-state index >= 15 is 0 Å². The maximum atomic E-state index is 12.1. The minimum absolute atomic E-state index is 0.192. The maximum absolute atomic E-state index is 12.1. The predicted octanol–water partition coefficient (Wildman–Crippen LogP) is 0.994. The highest BCUT2D eigenvalue weighted by molar-refractivity contribution is 5.76. The van der Waals surface area contributed by atoms with Crippen molar-refractivity contribution < 1.29 is 14.7 Å². The molecule has 6 nitrogen and oxygen atoms in total. The average Bonchev–Trinajstić information content (AvgIpc) is 2.37. The lowest BCUT2D eigenvalue weighted by molar-refractivity contribution is -0.143. The van der Waals surface area contributed by atoms with Gasteiger partial charge in [0.2, 0.25) is 0 Å². The molecule has 2 amide bonds. The molecule has 0 aromatic rings. The van der Waals surface area contributed by atoms with Gasteiger partial charge >= 0.3 is 12.0 Å². The van der Waals surface area contributed by atoms with Crippen molar-refractivity contribution in [1.29, 1.82) is 5.26 Å². The van der Waals surface area contributed by atoms with Crippen LogP contribution in [0, 0.1) is 23.2 Å². The molecule has 0 aromatic carbocycles. The van der Waals surface area contributed by atoms with Crippen LogP contribution in [0.3, 0.4) is 0 Å². The average molecular weight is 253 g/mol. The lowest BCUT2D eigenvalue weighted by Crippen LogP contribution is -2.48. The third kappa shape index (κ3) is 3.62. The number of amides is 2. The molecule has 0 aliphatic carbocycles. The summed E-state index contributed by atoms with van der Waals surface area (Å²) in [4.78, 5) is 26.0. The monoisotopic (exact) mass is 253 g/mol. The number of rotatable bonds is 3. The summed E-state index contributed by atoms with van der Waals surface area (Å²) in [5.74, 6) is -1.54. The van der Waals surface area contributed by atoms with E-state index in [-0.39, 0.29) is 18.5 Å². The first-order valence-corrected chi connectivity index (χ1v) is 6.08. The van der Waals surface area contributed by atoms with E-state index in [2.05, 4.69) is 6.07 Å². The van der Waals surface area contributed by atoms with Gasteiger partial charge in [-0.15, -0.1) is 0 Å². The molecule has 1 aliphatic heterocycles. The van der Waals surface area contributed by atoms with E-state index in [0.717, 1.165) is 0 Å². The van der Waals surface area contributed by atoms with Crippen LogP contribution in [0.1, 0.15) is 19.8 Å². The Labute approximate surface area is 107 Å². The van der Waals surface area contributed by atoms with Crippen LogP contribution in [0.15, 0.2) is 0 Å². The summed E-state index contributed by atoms with van der Waals surface area (Å²) in [6.07, 6.45) is 1.34. The second-order valence-corrected chi connectivity index (χ2v) is 4.82. The summed E-state index contributed by atoms with van der Waals surface area (Å²) in [6, 6.07) is 1.88. The first kappa shape index (κ1) is 14.3. The van der Waals surface area contributed by atoms with E-state index in [1.807, 2.05) is 0 Å². The molecule has 1 saturated heterocycles. The normalized spacial score (nSPS) is 20.9. The summed E-state index contributed by atoms with van der Waals surface area (Å²) in [5, 5.41) is 17.7. The predicted molar refractivity (Wildman–Crippen MR) is 64.7 cm³/mol. The summed E-state index contributed by atoms with van der Waals surface area (Å²) >= 11 is 0. The van der Waals surface area contributed by atoms with Crippen LogP contribution in [0.2, 0.25) is 0 Å². The SMILES string of the molecule is CC(C#N)CN(C)C(=O)N1CCC[C@H](C(=O)O)C1. The van der Waals surface area contributed by atoms with Gasteiger partial charge in [-0.05, 0) is 19.8 Å². The molecule has 0 saturated carbocycles. The maximum Gasteiger partial charge on any atom is 0.319 e. The van der Waals surface area contributed by atoms with Crippen molar-refractivity contribution >= 4 is 12.0 Å². The second-order valence-electron chi connectivity index (χ2n) is 4.82. The summed E-state index contributed by atoms with van der Waals surface area (Å²) in [5.41, 5.74) is 0. The van der Waals surface area contributed by atoms with Crippen LogP contribution >= 0.6 is 0 Å². The van der Waals surface area contributed by atoms with Crippen LogP contribution in [-0.2, 0) is 4.79 Å². The number of hydrogen-bond donors (Lipinski definition) is 1. The molecule has 1 aliphatic rings. The number of carboxylic acid groups (broad SMARTS) is 1. The van der Waals surface area contributed by atoms with Crippen LogP contribution in [0.5, 0.6) is 0 Å². The smallest absolute Gasteiger partial charge is 0.319 e. The first-order valence-electron chi connectivity index (χ1n) is 6.08. The molecule has 2 atom stereocenters. The fourth-order valence-electron chi connectivity index (χ4n) is 2.12. The Morgan fingerprint density at radius 3 is 2.83 bits per heavy atom. The van der Waals surface area contributed by atoms with E-state index in [4.69, 9.17) is 10.4 Å². The van der Waals surface area contributed by atoms with Crippen molar-refractivity contribution in [3.63, 3.8) is 0 Å². The molecular weight excluding hydrogens is 234 g/mol. The molecule has 6 heteroatoms. The Morgan fingerprint density at radius 2 is 2.28 bits per heavy atom. The molecule has 1 rings (SSSR count). The number of nitrogens with zero attached hydrogens (tertiary/aromatic N) is 3. The highest BCUT2D eigenvalue weighted by Gasteiger charge is 2.29. The minimum Gasteiger partial charge on any atom is -0.481 e. The molecule has 0 bridgehead atoms. The van der Waals surface area contributed by atoms with E-state index in [9.17, 15) is 9.59 Å². The summed E-state index contributed by atoms with van der Waals surface area (Å²) in [6.45, 7) is 2.97. The van der Waals surface area contributed by atoms with Crippen LogP contribution in [-0.4, -0.2) is 53.6 Å². The third-order valence-corrected chi connectivity index (χ3v) is 3.14. The first-order chi connectivity index (χ1) is 8.45. The largest absolute Gasteiger partial charge is 0.481 e. The molecule has 18 heavy (non-hydrogen) atoms.